The molecule has 0 saturated heterocycles. The zero-order valence-electron chi connectivity index (χ0n) is 11.6. The Kier molecular flexibility index (Phi) is 5.24. The Morgan fingerprint density at radius 2 is 1.80 bits per heavy atom. The van der Waals surface area contributed by atoms with Crippen molar-refractivity contribution in [2.75, 3.05) is 0 Å². The fourth-order valence-electron chi connectivity index (χ4n) is 2.18. The molecule has 0 saturated carbocycles. The Labute approximate surface area is 118 Å². The second-order valence-corrected chi connectivity index (χ2v) is 4.91. The smallest absolute Gasteiger partial charge is 0.130 e. The molecule has 0 fully saturated rings. The lowest BCUT2D eigenvalue weighted by atomic mass is 10.0. The predicted octanol–water partition coefficient (Wildman–Crippen LogP) is 4.08. The summed E-state index contributed by atoms with van der Waals surface area (Å²) in [7, 11) is 0. The van der Waals surface area contributed by atoms with Crippen LogP contribution in [0.2, 0.25) is 0 Å². The van der Waals surface area contributed by atoms with Gasteiger partial charge < -0.3 is 5.32 Å². The van der Waals surface area contributed by atoms with E-state index in [4.69, 9.17) is 0 Å². The second kappa shape index (κ2) is 7.15. The summed E-state index contributed by atoms with van der Waals surface area (Å²) >= 11 is 0. The molecule has 2 aromatic rings. The normalized spacial score (nSPS) is 12.3. The van der Waals surface area contributed by atoms with Gasteiger partial charge in [-0.15, -0.1) is 0 Å². The third-order valence-corrected chi connectivity index (χ3v) is 3.41. The van der Waals surface area contributed by atoms with Gasteiger partial charge in [-0.3, -0.25) is 0 Å². The minimum atomic E-state index is -0.539. The van der Waals surface area contributed by atoms with Gasteiger partial charge in [0.15, 0.2) is 0 Å². The van der Waals surface area contributed by atoms with E-state index >= 15 is 0 Å². The van der Waals surface area contributed by atoms with Gasteiger partial charge in [0.2, 0.25) is 0 Å². The minimum Gasteiger partial charge on any atom is -0.309 e. The van der Waals surface area contributed by atoms with Gasteiger partial charge in [-0.2, -0.15) is 0 Å². The van der Waals surface area contributed by atoms with Crippen molar-refractivity contribution in [3.8, 4) is 0 Å². The average Bonchev–Trinajstić information content (AvgIpc) is 2.46. The zero-order valence-corrected chi connectivity index (χ0v) is 11.6. The van der Waals surface area contributed by atoms with Crippen LogP contribution in [0.3, 0.4) is 0 Å². The highest BCUT2D eigenvalue weighted by Gasteiger charge is 2.09. The maximum atomic E-state index is 13.6. The topological polar surface area (TPSA) is 12.0 Å². The van der Waals surface area contributed by atoms with Crippen LogP contribution in [-0.2, 0) is 13.0 Å². The molecule has 20 heavy (non-hydrogen) atoms. The van der Waals surface area contributed by atoms with Crippen molar-refractivity contribution in [2.24, 2.45) is 0 Å². The lowest BCUT2D eigenvalue weighted by Crippen LogP contribution is -2.30. The van der Waals surface area contributed by atoms with Crippen molar-refractivity contribution in [1.29, 1.82) is 0 Å². The lowest BCUT2D eigenvalue weighted by Gasteiger charge is -2.17. The van der Waals surface area contributed by atoms with E-state index in [9.17, 15) is 8.78 Å². The monoisotopic (exact) mass is 275 g/mol. The lowest BCUT2D eigenvalue weighted by molar-refractivity contribution is 0.481. The van der Waals surface area contributed by atoms with Gasteiger partial charge in [0.1, 0.15) is 11.6 Å². The molecular formula is C17H19F2N. The largest absolute Gasteiger partial charge is 0.309 e. The van der Waals surface area contributed by atoms with E-state index in [2.05, 4.69) is 24.4 Å². The summed E-state index contributed by atoms with van der Waals surface area (Å²) in [5.74, 6) is -1.03. The number of hydrogen-bond acceptors (Lipinski definition) is 1. The van der Waals surface area contributed by atoms with Gasteiger partial charge in [0.05, 0.1) is 0 Å². The van der Waals surface area contributed by atoms with Gasteiger partial charge in [-0.25, -0.2) is 8.78 Å². The fourth-order valence-corrected chi connectivity index (χ4v) is 2.18. The quantitative estimate of drug-likeness (QED) is 0.837. The first-order valence-electron chi connectivity index (χ1n) is 6.90. The van der Waals surface area contributed by atoms with E-state index in [1.807, 2.05) is 18.2 Å². The number of halogens is 2. The molecule has 1 atom stereocenters. The van der Waals surface area contributed by atoms with Crippen molar-refractivity contribution in [3.63, 3.8) is 0 Å². The highest BCUT2D eigenvalue weighted by Crippen LogP contribution is 2.11. The van der Waals surface area contributed by atoms with Crippen molar-refractivity contribution in [3.05, 3.63) is 71.3 Å². The summed E-state index contributed by atoms with van der Waals surface area (Å²) < 4.78 is 26.4. The van der Waals surface area contributed by atoms with Crippen molar-refractivity contribution in [2.45, 2.75) is 32.4 Å². The van der Waals surface area contributed by atoms with Gasteiger partial charge in [0.25, 0.3) is 0 Å². The van der Waals surface area contributed by atoms with E-state index in [0.717, 1.165) is 18.9 Å². The number of benzene rings is 2. The van der Waals surface area contributed by atoms with Gasteiger partial charge in [-0.1, -0.05) is 43.3 Å². The number of hydrogen-bond donors (Lipinski definition) is 1. The second-order valence-electron chi connectivity index (χ2n) is 4.91. The van der Waals surface area contributed by atoms with Crippen LogP contribution in [0.15, 0.2) is 48.5 Å². The van der Waals surface area contributed by atoms with Crippen LogP contribution in [0.1, 0.15) is 24.5 Å². The van der Waals surface area contributed by atoms with Gasteiger partial charge >= 0.3 is 0 Å². The molecule has 1 unspecified atom stereocenters. The Morgan fingerprint density at radius 1 is 1.05 bits per heavy atom. The van der Waals surface area contributed by atoms with Crippen LogP contribution in [0.25, 0.3) is 0 Å². The molecule has 3 heteroatoms. The molecule has 0 heterocycles. The number of nitrogens with one attached hydrogen (secondary N) is 1. The maximum absolute atomic E-state index is 13.6. The molecule has 2 aromatic carbocycles. The predicted molar refractivity (Wildman–Crippen MR) is 77.4 cm³/mol. The molecular weight excluding hydrogens is 256 g/mol. The summed E-state index contributed by atoms with van der Waals surface area (Å²) in [6.07, 6.45) is 1.86. The molecule has 0 bridgehead atoms. The molecule has 2 rings (SSSR count). The first-order chi connectivity index (χ1) is 9.69. The molecule has 0 aliphatic heterocycles. The molecule has 0 spiro atoms. The zero-order chi connectivity index (χ0) is 14.4. The van der Waals surface area contributed by atoms with E-state index < -0.39 is 11.6 Å². The molecule has 106 valence electrons. The molecule has 1 N–H and O–H groups in total. The van der Waals surface area contributed by atoms with Crippen molar-refractivity contribution >= 4 is 0 Å². The highest BCUT2D eigenvalue weighted by atomic mass is 19.1. The van der Waals surface area contributed by atoms with Crippen molar-refractivity contribution in [1.82, 2.24) is 5.32 Å². The molecule has 0 aliphatic carbocycles. The van der Waals surface area contributed by atoms with Gasteiger partial charge in [0, 0.05) is 24.2 Å². The van der Waals surface area contributed by atoms with E-state index in [1.54, 1.807) is 0 Å². The standard InChI is InChI=1S/C17H19F2N/c1-2-16(10-13-6-4-3-5-7-13)20-12-14-8-9-15(18)11-17(14)19/h3-9,11,16,20H,2,10,12H2,1H3. The molecule has 1 nitrogen and oxygen atoms in total. The van der Waals surface area contributed by atoms with E-state index in [0.29, 0.717) is 12.1 Å². The maximum Gasteiger partial charge on any atom is 0.130 e. The highest BCUT2D eigenvalue weighted by molar-refractivity contribution is 5.19. The Morgan fingerprint density at radius 3 is 2.45 bits per heavy atom. The first kappa shape index (κ1) is 14.7. The minimum absolute atomic E-state index is 0.279. The first-order valence-corrected chi connectivity index (χ1v) is 6.90. The SMILES string of the molecule is CCC(Cc1ccccc1)NCc1ccc(F)cc1F. The van der Waals surface area contributed by atoms with Gasteiger partial charge in [-0.05, 0) is 24.5 Å². The molecule has 0 aromatic heterocycles. The third-order valence-electron chi connectivity index (χ3n) is 3.41. The molecule has 0 amide bonds. The van der Waals surface area contributed by atoms with Crippen LogP contribution in [0.5, 0.6) is 0 Å². The van der Waals surface area contributed by atoms with Crippen LogP contribution >= 0.6 is 0 Å². The molecule has 0 aliphatic rings. The van der Waals surface area contributed by atoms with E-state index in [1.165, 1.54) is 17.7 Å². The third kappa shape index (κ3) is 4.14. The summed E-state index contributed by atoms with van der Waals surface area (Å²) in [4.78, 5) is 0. The summed E-state index contributed by atoms with van der Waals surface area (Å²) in [6, 6.07) is 14.2. The Hall–Kier alpha value is -1.74. The number of rotatable bonds is 6. The summed E-state index contributed by atoms with van der Waals surface area (Å²) in [5, 5.41) is 3.33. The average molecular weight is 275 g/mol. The Bertz CT molecular complexity index is 540. The van der Waals surface area contributed by atoms with E-state index in [-0.39, 0.29) is 6.04 Å². The Balaban J connectivity index is 1.93. The van der Waals surface area contributed by atoms with Crippen LogP contribution < -0.4 is 5.32 Å². The molecule has 0 radical (unpaired) electrons. The summed E-state index contributed by atoms with van der Waals surface area (Å²) in [5.41, 5.74) is 1.75. The summed E-state index contributed by atoms with van der Waals surface area (Å²) in [6.45, 7) is 2.51. The van der Waals surface area contributed by atoms with Crippen molar-refractivity contribution < 1.29 is 8.78 Å². The fraction of sp³-hybridized carbons (Fsp3) is 0.294. The van der Waals surface area contributed by atoms with Crippen LogP contribution in [-0.4, -0.2) is 6.04 Å². The van der Waals surface area contributed by atoms with Crippen LogP contribution in [0.4, 0.5) is 8.78 Å². The van der Waals surface area contributed by atoms with Crippen LogP contribution in [0, 0.1) is 11.6 Å².